The summed E-state index contributed by atoms with van der Waals surface area (Å²) in [6, 6.07) is 14.4. The smallest absolute Gasteiger partial charge is 0.243 e. The molecular formula is C23H27N5O3S2. The molecule has 2 aromatic carbocycles. The summed E-state index contributed by atoms with van der Waals surface area (Å²) in [5, 5.41) is 11.8. The van der Waals surface area contributed by atoms with Gasteiger partial charge in [-0.05, 0) is 57.0 Å². The fourth-order valence-corrected chi connectivity index (χ4v) is 6.10. The quantitative estimate of drug-likeness (QED) is 0.512. The lowest BCUT2D eigenvalue weighted by atomic mass is 10.2. The average Bonchev–Trinajstić information content (AvgIpc) is 3.19. The molecular weight excluding hydrogens is 458 g/mol. The number of aromatic nitrogens is 3. The van der Waals surface area contributed by atoms with Crippen molar-refractivity contribution in [3.8, 4) is 5.69 Å². The largest absolute Gasteiger partial charge is 0.325 e. The minimum Gasteiger partial charge on any atom is -0.325 e. The Bertz CT molecular complexity index is 1230. The van der Waals surface area contributed by atoms with Gasteiger partial charge in [-0.3, -0.25) is 9.36 Å². The first-order valence-corrected chi connectivity index (χ1v) is 13.3. The van der Waals surface area contributed by atoms with E-state index in [0.717, 1.165) is 36.3 Å². The number of hydrogen-bond acceptors (Lipinski definition) is 6. The third kappa shape index (κ3) is 5.45. The summed E-state index contributed by atoms with van der Waals surface area (Å²) in [5.41, 5.74) is 2.54. The highest BCUT2D eigenvalue weighted by Crippen LogP contribution is 2.24. The van der Waals surface area contributed by atoms with Crippen LogP contribution in [0.15, 0.2) is 58.6 Å². The molecule has 8 nitrogen and oxygen atoms in total. The van der Waals surface area contributed by atoms with Crippen LogP contribution >= 0.6 is 11.8 Å². The number of amides is 1. The molecule has 0 bridgehead atoms. The number of rotatable bonds is 7. The minimum absolute atomic E-state index is 0.118. The molecule has 174 valence electrons. The molecule has 0 unspecified atom stereocenters. The van der Waals surface area contributed by atoms with E-state index in [1.807, 2.05) is 42.7 Å². The molecule has 3 aromatic rings. The monoisotopic (exact) mass is 485 g/mol. The Kier molecular flexibility index (Phi) is 7.16. The van der Waals surface area contributed by atoms with E-state index >= 15 is 0 Å². The molecule has 0 aliphatic carbocycles. The molecule has 0 atom stereocenters. The molecule has 2 heterocycles. The number of thioether (sulfide) groups is 1. The van der Waals surface area contributed by atoms with Crippen LogP contribution in [0, 0.1) is 13.8 Å². The molecule has 1 fully saturated rings. The third-order valence-corrected chi connectivity index (χ3v) is 8.31. The number of sulfonamides is 1. The van der Waals surface area contributed by atoms with Crippen LogP contribution in [0.4, 0.5) is 5.69 Å². The van der Waals surface area contributed by atoms with Crippen LogP contribution in [0.3, 0.4) is 0 Å². The molecule has 0 saturated carbocycles. The molecule has 1 amide bonds. The summed E-state index contributed by atoms with van der Waals surface area (Å²) < 4.78 is 29.3. The fraction of sp³-hybridized carbons (Fsp3) is 0.348. The summed E-state index contributed by atoms with van der Waals surface area (Å²) in [4.78, 5) is 12.8. The minimum atomic E-state index is -3.56. The summed E-state index contributed by atoms with van der Waals surface area (Å²) in [6.45, 7) is 4.97. The number of carbonyl (C=O) groups excluding carboxylic acids is 1. The van der Waals surface area contributed by atoms with Gasteiger partial charge in [0.15, 0.2) is 5.16 Å². The van der Waals surface area contributed by atoms with Crippen LogP contribution in [-0.4, -0.2) is 52.2 Å². The summed E-state index contributed by atoms with van der Waals surface area (Å²) in [6.07, 6.45) is 2.80. The molecule has 1 saturated heterocycles. The lowest BCUT2D eigenvalue weighted by Gasteiger charge is -2.26. The summed E-state index contributed by atoms with van der Waals surface area (Å²) in [7, 11) is -3.56. The van der Waals surface area contributed by atoms with Gasteiger partial charge in [-0.15, -0.1) is 10.2 Å². The van der Waals surface area contributed by atoms with E-state index in [-0.39, 0.29) is 16.6 Å². The second-order valence-corrected chi connectivity index (χ2v) is 10.9. The van der Waals surface area contributed by atoms with Crippen LogP contribution in [0.25, 0.3) is 5.69 Å². The first-order valence-electron chi connectivity index (χ1n) is 10.9. The maximum Gasteiger partial charge on any atom is 0.243 e. The highest BCUT2D eigenvalue weighted by atomic mass is 32.2. The van der Waals surface area contributed by atoms with Crippen molar-refractivity contribution in [1.29, 1.82) is 0 Å². The number of nitrogens with one attached hydrogen (secondary N) is 1. The first kappa shape index (κ1) is 23.5. The average molecular weight is 486 g/mol. The number of anilines is 1. The lowest BCUT2D eigenvalue weighted by molar-refractivity contribution is -0.113. The highest BCUT2D eigenvalue weighted by Gasteiger charge is 2.26. The molecule has 0 spiro atoms. The Morgan fingerprint density at radius 1 is 1.03 bits per heavy atom. The number of piperidine rings is 1. The SMILES string of the molecule is Cc1ccc(-n2c(C)nnc2SCC(=O)Nc2cccc(S(=O)(=O)N3CCCCC3)c2)cc1. The Hall–Kier alpha value is -2.69. The van der Waals surface area contributed by atoms with Crippen molar-refractivity contribution in [3.63, 3.8) is 0 Å². The van der Waals surface area contributed by atoms with Gasteiger partial charge in [0.2, 0.25) is 15.9 Å². The maximum atomic E-state index is 12.9. The van der Waals surface area contributed by atoms with E-state index in [2.05, 4.69) is 15.5 Å². The lowest BCUT2D eigenvalue weighted by Crippen LogP contribution is -2.35. The molecule has 33 heavy (non-hydrogen) atoms. The predicted molar refractivity (Wildman–Crippen MR) is 129 cm³/mol. The number of benzene rings is 2. The van der Waals surface area contributed by atoms with Crippen LogP contribution in [-0.2, 0) is 14.8 Å². The molecule has 1 N–H and O–H groups in total. The van der Waals surface area contributed by atoms with E-state index in [4.69, 9.17) is 0 Å². The summed E-state index contributed by atoms with van der Waals surface area (Å²) >= 11 is 1.28. The van der Waals surface area contributed by atoms with Crippen molar-refractivity contribution >= 4 is 33.4 Å². The zero-order valence-corrected chi connectivity index (χ0v) is 20.3. The maximum absolute atomic E-state index is 12.9. The molecule has 1 aromatic heterocycles. The van der Waals surface area contributed by atoms with Gasteiger partial charge in [-0.2, -0.15) is 4.31 Å². The number of hydrogen-bond donors (Lipinski definition) is 1. The van der Waals surface area contributed by atoms with Gasteiger partial charge in [0, 0.05) is 24.5 Å². The van der Waals surface area contributed by atoms with Gasteiger partial charge < -0.3 is 5.32 Å². The van der Waals surface area contributed by atoms with Crippen LogP contribution < -0.4 is 5.32 Å². The van der Waals surface area contributed by atoms with E-state index in [1.54, 1.807) is 18.2 Å². The van der Waals surface area contributed by atoms with Crippen LogP contribution in [0.5, 0.6) is 0 Å². The van der Waals surface area contributed by atoms with Crippen molar-refractivity contribution in [1.82, 2.24) is 19.1 Å². The van der Waals surface area contributed by atoms with Gasteiger partial charge >= 0.3 is 0 Å². The standard InChI is InChI=1S/C23H27N5O3S2/c1-17-9-11-20(12-10-17)28-18(2)25-26-23(28)32-16-22(29)24-19-7-6-8-21(15-19)33(30,31)27-13-4-3-5-14-27/h6-12,15H,3-5,13-14,16H2,1-2H3,(H,24,29). The number of aryl methyl sites for hydroxylation is 2. The second kappa shape index (κ2) is 10.1. The zero-order valence-electron chi connectivity index (χ0n) is 18.7. The number of nitrogens with zero attached hydrogens (tertiary/aromatic N) is 4. The first-order chi connectivity index (χ1) is 15.8. The van der Waals surface area contributed by atoms with Gasteiger partial charge in [-0.1, -0.05) is 41.9 Å². The highest BCUT2D eigenvalue weighted by molar-refractivity contribution is 7.99. The van der Waals surface area contributed by atoms with Crippen LogP contribution in [0.2, 0.25) is 0 Å². The Morgan fingerprint density at radius 2 is 1.76 bits per heavy atom. The van der Waals surface area contributed by atoms with Crippen molar-refractivity contribution in [3.05, 3.63) is 59.9 Å². The topological polar surface area (TPSA) is 97.2 Å². The van der Waals surface area contributed by atoms with Crippen molar-refractivity contribution in [2.45, 2.75) is 43.2 Å². The van der Waals surface area contributed by atoms with Crippen molar-refractivity contribution < 1.29 is 13.2 Å². The molecule has 0 radical (unpaired) electrons. The van der Waals surface area contributed by atoms with Gasteiger partial charge in [0.05, 0.1) is 10.6 Å². The van der Waals surface area contributed by atoms with Crippen molar-refractivity contribution in [2.24, 2.45) is 0 Å². The third-order valence-electron chi connectivity index (χ3n) is 5.49. The van der Waals surface area contributed by atoms with Gasteiger partial charge in [0.1, 0.15) is 5.82 Å². The van der Waals surface area contributed by atoms with E-state index in [1.165, 1.54) is 22.1 Å². The Morgan fingerprint density at radius 3 is 2.48 bits per heavy atom. The molecule has 1 aliphatic heterocycles. The van der Waals surface area contributed by atoms with E-state index in [0.29, 0.717) is 23.9 Å². The molecule has 4 rings (SSSR count). The Labute approximate surface area is 198 Å². The summed E-state index contributed by atoms with van der Waals surface area (Å²) in [5.74, 6) is 0.605. The number of carbonyl (C=O) groups is 1. The van der Waals surface area contributed by atoms with Crippen molar-refractivity contribution in [2.75, 3.05) is 24.2 Å². The second-order valence-electron chi connectivity index (χ2n) is 8.03. The zero-order chi connectivity index (χ0) is 23.4. The fourth-order valence-electron chi connectivity index (χ4n) is 3.74. The molecule has 1 aliphatic rings. The Balaban J connectivity index is 1.42. The molecule has 10 heteroatoms. The van der Waals surface area contributed by atoms with Crippen LogP contribution in [0.1, 0.15) is 30.7 Å². The van der Waals surface area contributed by atoms with E-state index < -0.39 is 10.0 Å². The van der Waals surface area contributed by atoms with E-state index in [9.17, 15) is 13.2 Å². The predicted octanol–water partition coefficient (Wildman–Crippen LogP) is 3.79. The van der Waals surface area contributed by atoms with Gasteiger partial charge in [0.25, 0.3) is 0 Å². The normalized spacial score (nSPS) is 14.8. The van der Waals surface area contributed by atoms with Gasteiger partial charge in [-0.25, -0.2) is 8.42 Å².